The van der Waals surface area contributed by atoms with Crippen LogP contribution in [0.15, 0.2) is 41.3 Å². The Morgan fingerprint density at radius 3 is 2.45 bits per heavy atom. The van der Waals surface area contributed by atoms with Gasteiger partial charge in [0.15, 0.2) is 0 Å². The van der Waals surface area contributed by atoms with Crippen LogP contribution in [0.25, 0.3) is 0 Å². The van der Waals surface area contributed by atoms with E-state index in [9.17, 15) is 23.3 Å². The van der Waals surface area contributed by atoms with E-state index < -0.39 is 21.0 Å². The van der Waals surface area contributed by atoms with Gasteiger partial charge in [0, 0.05) is 12.1 Å². The molecule has 10 nitrogen and oxygen atoms in total. The van der Waals surface area contributed by atoms with E-state index in [2.05, 4.69) is 10.0 Å². The SMILES string of the molecule is CCOC(=O)Nc1cc(S(=O)(=O)Nc2cc([N+](=O)[O-])ccc2C)ccc1OCC. The number of non-ortho nitro benzene ring substituents is 1. The Morgan fingerprint density at radius 2 is 1.83 bits per heavy atom. The highest BCUT2D eigenvalue weighted by Crippen LogP contribution is 2.30. The quantitative estimate of drug-likeness (QED) is 0.488. The Hall–Kier alpha value is -3.34. The van der Waals surface area contributed by atoms with Crippen molar-refractivity contribution >= 4 is 33.2 Å². The number of anilines is 2. The molecule has 0 aromatic heterocycles. The molecule has 2 rings (SSSR count). The summed E-state index contributed by atoms with van der Waals surface area (Å²) in [6, 6.07) is 7.79. The minimum absolute atomic E-state index is 0.0768. The lowest BCUT2D eigenvalue weighted by Crippen LogP contribution is -2.17. The highest BCUT2D eigenvalue weighted by molar-refractivity contribution is 7.92. The summed E-state index contributed by atoms with van der Waals surface area (Å²) in [7, 11) is -4.10. The van der Waals surface area contributed by atoms with E-state index in [0.717, 1.165) is 6.07 Å². The molecule has 0 aliphatic rings. The second-order valence-corrected chi connectivity index (χ2v) is 7.48. The fourth-order valence-corrected chi connectivity index (χ4v) is 3.52. The first-order valence-electron chi connectivity index (χ1n) is 8.66. The van der Waals surface area contributed by atoms with Crippen LogP contribution in [0.1, 0.15) is 19.4 Å². The zero-order valence-electron chi connectivity index (χ0n) is 16.1. The zero-order chi connectivity index (χ0) is 21.6. The molecule has 2 aromatic rings. The number of nitro benzene ring substituents is 1. The lowest BCUT2D eigenvalue weighted by molar-refractivity contribution is -0.384. The van der Waals surface area contributed by atoms with Gasteiger partial charge in [-0.15, -0.1) is 0 Å². The number of hydrogen-bond acceptors (Lipinski definition) is 7. The lowest BCUT2D eigenvalue weighted by atomic mass is 10.2. The summed E-state index contributed by atoms with van der Waals surface area (Å²) in [5, 5.41) is 13.4. The van der Waals surface area contributed by atoms with Crippen molar-refractivity contribution in [1.82, 2.24) is 0 Å². The number of hydrogen-bond donors (Lipinski definition) is 2. The molecule has 0 unspecified atom stereocenters. The fraction of sp³-hybridized carbons (Fsp3) is 0.278. The van der Waals surface area contributed by atoms with Crippen LogP contribution in [0.2, 0.25) is 0 Å². The minimum Gasteiger partial charge on any atom is -0.492 e. The number of nitro groups is 1. The van der Waals surface area contributed by atoms with Crippen LogP contribution in [0.5, 0.6) is 5.75 Å². The van der Waals surface area contributed by atoms with E-state index in [1.807, 2.05) is 0 Å². The van der Waals surface area contributed by atoms with Gasteiger partial charge in [-0.3, -0.25) is 20.2 Å². The molecule has 0 saturated carbocycles. The smallest absolute Gasteiger partial charge is 0.411 e. The molecule has 0 heterocycles. The van der Waals surface area contributed by atoms with Gasteiger partial charge in [-0.2, -0.15) is 0 Å². The van der Waals surface area contributed by atoms with Gasteiger partial charge in [0.05, 0.1) is 34.4 Å². The van der Waals surface area contributed by atoms with Crippen molar-refractivity contribution in [1.29, 1.82) is 0 Å². The van der Waals surface area contributed by atoms with Gasteiger partial charge < -0.3 is 9.47 Å². The number of rotatable bonds is 8. The standard InChI is InChI=1S/C18H21N3O7S/c1-4-27-17-9-8-14(11-16(17)19-18(22)28-5-2)29(25,26)20-15-10-13(21(23)24)7-6-12(15)3/h6-11,20H,4-5H2,1-3H3,(H,19,22). The van der Waals surface area contributed by atoms with Crippen molar-refractivity contribution in [3.63, 3.8) is 0 Å². The Morgan fingerprint density at radius 1 is 1.10 bits per heavy atom. The second-order valence-electron chi connectivity index (χ2n) is 5.80. The molecule has 2 aromatic carbocycles. The topological polar surface area (TPSA) is 137 Å². The molecular weight excluding hydrogens is 402 g/mol. The molecule has 0 spiro atoms. The Bertz CT molecular complexity index is 1020. The van der Waals surface area contributed by atoms with E-state index in [-0.39, 0.29) is 34.3 Å². The highest BCUT2D eigenvalue weighted by Gasteiger charge is 2.20. The van der Waals surface area contributed by atoms with Crippen LogP contribution >= 0.6 is 0 Å². The van der Waals surface area contributed by atoms with Crippen LogP contribution in [0.4, 0.5) is 21.9 Å². The molecule has 0 saturated heterocycles. The maximum atomic E-state index is 12.8. The number of sulfonamides is 1. The number of amides is 1. The maximum Gasteiger partial charge on any atom is 0.411 e. The normalized spacial score (nSPS) is 10.9. The molecule has 1 amide bonds. The Balaban J connectivity index is 2.40. The first-order chi connectivity index (χ1) is 13.7. The molecule has 156 valence electrons. The molecule has 0 bridgehead atoms. The zero-order valence-corrected chi connectivity index (χ0v) is 16.9. The van der Waals surface area contributed by atoms with Crippen LogP contribution < -0.4 is 14.8 Å². The third-order valence-corrected chi connectivity index (χ3v) is 5.11. The molecule has 2 N–H and O–H groups in total. The van der Waals surface area contributed by atoms with E-state index in [1.54, 1.807) is 20.8 Å². The highest BCUT2D eigenvalue weighted by atomic mass is 32.2. The Kier molecular flexibility index (Phi) is 6.99. The van der Waals surface area contributed by atoms with Gasteiger partial charge in [0.2, 0.25) is 0 Å². The summed E-state index contributed by atoms with van der Waals surface area (Å²) < 4.78 is 38.2. The number of aryl methyl sites for hydroxylation is 1. The summed E-state index contributed by atoms with van der Waals surface area (Å²) in [4.78, 5) is 21.9. The molecule has 11 heteroatoms. The van der Waals surface area contributed by atoms with Crippen LogP contribution in [-0.4, -0.2) is 32.6 Å². The van der Waals surface area contributed by atoms with Crippen molar-refractivity contribution < 1.29 is 27.6 Å². The van der Waals surface area contributed by atoms with Crippen LogP contribution in [-0.2, 0) is 14.8 Å². The van der Waals surface area contributed by atoms with Gasteiger partial charge in [-0.05, 0) is 44.5 Å². The number of nitrogens with zero attached hydrogens (tertiary/aromatic N) is 1. The largest absolute Gasteiger partial charge is 0.492 e. The summed E-state index contributed by atoms with van der Waals surface area (Å²) in [5.41, 5.74) is 0.455. The number of nitrogens with one attached hydrogen (secondary N) is 2. The summed E-state index contributed by atoms with van der Waals surface area (Å²) in [5.74, 6) is 0.269. The lowest BCUT2D eigenvalue weighted by Gasteiger charge is -2.15. The predicted molar refractivity (Wildman–Crippen MR) is 107 cm³/mol. The van der Waals surface area contributed by atoms with Crippen LogP contribution in [0.3, 0.4) is 0 Å². The van der Waals surface area contributed by atoms with E-state index in [0.29, 0.717) is 12.2 Å². The van der Waals surface area contributed by atoms with E-state index in [1.165, 1.54) is 30.3 Å². The minimum atomic E-state index is -4.10. The monoisotopic (exact) mass is 423 g/mol. The van der Waals surface area contributed by atoms with Crippen molar-refractivity contribution in [2.75, 3.05) is 23.3 Å². The first kappa shape index (κ1) is 22.0. The van der Waals surface area contributed by atoms with Gasteiger partial charge >= 0.3 is 6.09 Å². The summed E-state index contributed by atoms with van der Waals surface area (Å²) >= 11 is 0. The summed E-state index contributed by atoms with van der Waals surface area (Å²) in [6.45, 7) is 5.43. The molecular formula is C18H21N3O7S. The number of carbonyl (C=O) groups is 1. The molecule has 29 heavy (non-hydrogen) atoms. The number of ether oxygens (including phenoxy) is 2. The van der Waals surface area contributed by atoms with Crippen molar-refractivity contribution in [3.8, 4) is 5.75 Å². The average molecular weight is 423 g/mol. The third-order valence-electron chi connectivity index (χ3n) is 3.75. The molecule has 0 aliphatic carbocycles. The predicted octanol–water partition coefficient (Wildman–Crippen LogP) is 3.67. The van der Waals surface area contributed by atoms with Gasteiger partial charge in [-0.25, -0.2) is 13.2 Å². The van der Waals surface area contributed by atoms with Crippen molar-refractivity contribution in [2.24, 2.45) is 0 Å². The van der Waals surface area contributed by atoms with Crippen molar-refractivity contribution in [3.05, 3.63) is 52.1 Å². The van der Waals surface area contributed by atoms with E-state index >= 15 is 0 Å². The fourth-order valence-electron chi connectivity index (χ4n) is 2.37. The average Bonchev–Trinajstić information content (AvgIpc) is 2.65. The van der Waals surface area contributed by atoms with Crippen molar-refractivity contribution in [2.45, 2.75) is 25.7 Å². The van der Waals surface area contributed by atoms with Gasteiger partial charge in [0.1, 0.15) is 5.75 Å². The first-order valence-corrected chi connectivity index (χ1v) is 10.1. The Labute approximate surface area is 168 Å². The van der Waals surface area contributed by atoms with E-state index in [4.69, 9.17) is 9.47 Å². The maximum absolute atomic E-state index is 12.8. The van der Waals surface area contributed by atoms with Gasteiger partial charge in [0.25, 0.3) is 15.7 Å². The second kappa shape index (κ2) is 9.24. The third kappa shape index (κ3) is 5.57. The van der Waals surface area contributed by atoms with Gasteiger partial charge in [-0.1, -0.05) is 6.07 Å². The molecule has 0 radical (unpaired) electrons. The number of carbonyl (C=O) groups excluding carboxylic acids is 1. The molecule has 0 atom stereocenters. The van der Waals surface area contributed by atoms with Crippen LogP contribution in [0, 0.1) is 17.0 Å². The number of benzene rings is 2. The molecule has 0 aliphatic heterocycles. The molecule has 0 fully saturated rings. The summed E-state index contributed by atoms with van der Waals surface area (Å²) in [6.07, 6.45) is -0.759.